The molecule has 0 aliphatic heterocycles. The molecule has 0 heterocycles. The third kappa shape index (κ3) is 8.47. The van der Waals surface area contributed by atoms with Crippen molar-refractivity contribution in [3.63, 3.8) is 0 Å². The third-order valence-corrected chi connectivity index (χ3v) is 2.26. The van der Waals surface area contributed by atoms with E-state index in [0.717, 1.165) is 6.42 Å². The van der Waals surface area contributed by atoms with Crippen molar-refractivity contribution in [2.75, 3.05) is 0 Å². The lowest BCUT2D eigenvalue weighted by molar-refractivity contribution is 0.824. The van der Waals surface area contributed by atoms with Crippen LogP contribution in [-0.2, 0) is 6.42 Å². The van der Waals surface area contributed by atoms with Gasteiger partial charge in [-0.25, -0.2) is 0 Å². The Kier molecular flexibility index (Phi) is 11.8. The molecule has 0 aliphatic rings. The maximum atomic E-state index is 2.24. The fourth-order valence-corrected chi connectivity index (χ4v) is 1.44. The second kappa shape index (κ2) is 11.2. The highest BCUT2D eigenvalue weighted by Crippen LogP contribution is 2.09. The normalized spacial score (nSPS) is 11.1. The maximum Gasteiger partial charge on any atom is 0 e. The summed E-state index contributed by atoms with van der Waals surface area (Å²) in [6, 6.07) is 10.6. The molecule has 0 fully saturated rings. The van der Waals surface area contributed by atoms with Gasteiger partial charge in [-0.1, -0.05) is 67.5 Å². The number of hydrogen-bond acceptors (Lipinski definition) is 0. The molecule has 1 rings (SSSR count). The van der Waals surface area contributed by atoms with Gasteiger partial charge in [0.25, 0.3) is 0 Å². The van der Waals surface area contributed by atoms with Crippen LogP contribution in [0.5, 0.6) is 0 Å². The van der Waals surface area contributed by atoms with E-state index in [1.165, 1.54) is 16.7 Å². The first-order chi connectivity index (χ1) is 7.72. The smallest absolute Gasteiger partial charge is 0 e. The Bertz CT molecular complexity index is 339. The van der Waals surface area contributed by atoms with E-state index in [9.17, 15) is 0 Å². The fourth-order valence-electron chi connectivity index (χ4n) is 1.44. The summed E-state index contributed by atoms with van der Waals surface area (Å²) in [5.41, 5.74) is 4.12. The molecule has 0 saturated heterocycles. The lowest BCUT2D eigenvalue weighted by Crippen LogP contribution is -1.86. The van der Waals surface area contributed by atoms with E-state index in [-0.39, 0.29) is 6.90 Å². The van der Waals surface area contributed by atoms with Crippen molar-refractivity contribution in [3.05, 3.63) is 59.2 Å². The van der Waals surface area contributed by atoms with Crippen LogP contribution in [0.25, 0.3) is 0 Å². The van der Waals surface area contributed by atoms with Gasteiger partial charge in [-0.05, 0) is 32.8 Å². The molecule has 2 N–H and O–H groups in total. The summed E-state index contributed by atoms with van der Waals surface area (Å²) >= 11 is 0. The molecule has 98 valence electrons. The Morgan fingerprint density at radius 1 is 1.12 bits per heavy atom. The summed E-state index contributed by atoms with van der Waals surface area (Å²) in [4.78, 5) is 0. The van der Waals surface area contributed by atoms with Gasteiger partial charge in [-0.3, -0.25) is 0 Å². The van der Waals surface area contributed by atoms with Crippen LogP contribution < -0.4 is 0 Å². The summed E-state index contributed by atoms with van der Waals surface area (Å²) in [5.74, 6) is 0. The van der Waals surface area contributed by atoms with Gasteiger partial charge in [-0.15, -0.1) is 0 Å². The van der Waals surface area contributed by atoms with Crippen molar-refractivity contribution in [3.8, 4) is 0 Å². The average Bonchev–Trinajstić information content (AvgIpc) is 2.32. The van der Waals surface area contributed by atoms with Crippen molar-refractivity contribution in [1.29, 1.82) is 0 Å². The first-order valence-corrected chi connectivity index (χ1v) is 6.06. The van der Waals surface area contributed by atoms with Gasteiger partial charge < -0.3 is 5.48 Å². The summed E-state index contributed by atoms with van der Waals surface area (Å²) in [5, 5.41) is 0. The fraction of sp³-hybridized carbons (Fsp3) is 0.375. The second-order valence-electron chi connectivity index (χ2n) is 3.69. The minimum atomic E-state index is 0. The quantitative estimate of drug-likeness (QED) is 0.687. The van der Waals surface area contributed by atoms with Gasteiger partial charge in [0.15, 0.2) is 0 Å². The molecule has 0 aliphatic carbocycles. The van der Waals surface area contributed by atoms with Crippen molar-refractivity contribution in [1.82, 2.24) is 0 Å². The molecule has 0 aromatic heterocycles. The molecular weight excluding hydrogens is 208 g/mol. The predicted octanol–water partition coefficient (Wildman–Crippen LogP) is 4.59. The maximum absolute atomic E-state index is 2.24. The topological polar surface area (TPSA) is 31.5 Å². The molecule has 1 nitrogen and oxygen atoms in total. The van der Waals surface area contributed by atoms with Crippen LogP contribution in [0.15, 0.2) is 53.6 Å². The van der Waals surface area contributed by atoms with Crippen LogP contribution in [0, 0.1) is 0 Å². The number of rotatable bonds is 3. The van der Waals surface area contributed by atoms with E-state index in [2.05, 4.69) is 63.3 Å². The molecular formula is C16H28O. The first kappa shape index (κ1) is 18.0. The molecule has 0 spiro atoms. The minimum Gasteiger partial charge on any atom is -0.412 e. The predicted molar refractivity (Wildman–Crippen MR) is 80.4 cm³/mol. The first-order valence-electron chi connectivity index (χ1n) is 6.06. The van der Waals surface area contributed by atoms with Crippen LogP contribution >= 0.6 is 0 Å². The molecule has 0 bridgehead atoms. The molecule has 0 radical (unpaired) electrons. The van der Waals surface area contributed by atoms with Gasteiger partial charge in [0.2, 0.25) is 0 Å². The highest BCUT2D eigenvalue weighted by atomic mass is 16.0. The highest BCUT2D eigenvalue weighted by Gasteiger charge is 1.93. The lowest BCUT2D eigenvalue weighted by Gasteiger charge is -2.01. The zero-order chi connectivity index (χ0) is 12.4. The van der Waals surface area contributed by atoms with E-state index < -0.39 is 0 Å². The largest absolute Gasteiger partial charge is 0.412 e. The average molecular weight is 236 g/mol. The van der Waals surface area contributed by atoms with E-state index in [0.29, 0.717) is 0 Å². The van der Waals surface area contributed by atoms with Crippen LogP contribution in [0.4, 0.5) is 0 Å². The molecule has 1 aromatic rings. The Labute approximate surface area is 108 Å². The third-order valence-electron chi connectivity index (χ3n) is 2.26. The van der Waals surface area contributed by atoms with Gasteiger partial charge in [0.05, 0.1) is 0 Å². The molecule has 17 heavy (non-hydrogen) atoms. The molecule has 1 aromatic carbocycles. The van der Waals surface area contributed by atoms with E-state index in [1.54, 1.807) is 0 Å². The van der Waals surface area contributed by atoms with Crippen molar-refractivity contribution >= 4 is 0 Å². The molecule has 1 heteroatoms. The SMILES string of the molecule is C/C=C(C)\C=C(/C)Cc1ccccc1.CC.O.[HH]. The minimum absolute atomic E-state index is 0. The summed E-state index contributed by atoms with van der Waals surface area (Å²) < 4.78 is 0. The Morgan fingerprint density at radius 2 is 1.65 bits per heavy atom. The zero-order valence-electron chi connectivity index (χ0n) is 11.7. The van der Waals surface area contributed by atoms with Gasteiger partial charge in [-0.2, -0.15) is 0 Å². The molecule has 0 amide bonds. The Hall–Kier alpha value is -1.34. The van der Waals surface area contributed by atoms with Crippen molar-refractivity contribution in [2.24, 2.45) is 0 Å². The van der Waals surface area contributed by atoms with Crippen LogP contribution in [0.3, 0.4) is 0 Å². The number of hydrogen-bond donors (Lipinski definition) is 0. The standard InChI is InChI=1S/C14H18.C2H6.H2O.H2/c1-4-12(2)10-13(3)11-14-8-6-5-7-9-14;1-2;;/h4-10H,11H2,1-3H3;1-2H3;1H2;1H/b12-4-,13-10+;;;. The van der Waals surface area contributed by atoms with Crippen LogP contribution in [0.1, 0.15) is 41.6 Å². The van der Waals surface area contributed by atoms with Crippen LogP contribution in [-0.4, -0.2) is 5.48 Å². The van der Waals surface area contributed by atoms with Gasteiger partial charge in [0.1, 0.15) is 0 Å². The van der Waals surface area contributed by atoms with Crippen molar-refractivity contribution in [2.45, 2.75) is 41.0 Å². The number of benzene rings is 1. The summed E-state index contributed by atoms with van der Waals surface area (Å²) in [7, 11) is 0. The van der Waals surface area contributed by atoms with Crippen molar-refractivity contribution < 1.29 is 6.90 Å². The molecule has 0 saturated carbocycles. The molecule has 0 unspecified atom stereocenters. The summed E-state index contributed by atoms with van der Waals surface area (Å²) in [6.45, 7) is 10.4. The zero-order valence-corrected chi connectivity index (χ0v) is 11.7. The van der Waals surface area contributed by atoms with Crippen LogP contribution in [0.2, 0.25) is 0 Å². The van der Waals surface area contributed by atoms with Gasteiger partial charge in [0, 0.05) is 1.43 Å². The van der Waals surface area contributed by atoms with Gasteiger partial charge >= 0.3 is 0 Å². The van der Waals surface area contributed by atoms with E-state index in [1.807, 2.05) is 13.8 Å². The second-order valence-corrected chi connectivity index (χ2v) is 3.69. The Morgan fingerprint density at radius 3 is 2.12 bits per heavy atom. The monoisotopic (exact) mass is 236 g/mol. The summed E-state index contributed by atoms with van der Waals surface area (Å²) in [6.07, 6.45) is 5.42. The van der Waals surface area contributed by atoms with E-state index in [4.69, 9.17) is 0 Å². The highest BCUT2D eigenvalue weighted by molar-refractivity contribution is 5.26. The van der Waals surface area contributed by atoms with E-state index >= 15 is 0 Å². The molecule has 0 atom stereocenters. The Balaban J connectivity index is -0.000000534. The lowest BCUT2D eigenvalue weighted by atomic mass is 10.0. The number of allylic oxidation sites excluding steroid dienone is 4.